The molecule has 0 aromatic rings. The highest BCUT2D eigenvalue weighted by molar-refractivity contribution is 4.79. The van der Waals surface area contributed by atoms with E-state index in [9.17, 15) is 8.78 Å². The molecule has 0 aliphatic rings. The van der Waals surface area contributed by atoms with Crippen molar-refractivity contribution in [3.8, 4) is 0 Å². The number of allylic oxidation sites excluding steroid dienone is 1. The lowest BCUT2D eigenvalue weighted by Gasteiger charge is -2.02. The maximum atomic E-state index is 11.8. The lowest BCUT2D eigenvalue weighted by molar-refractivity contribution is 0.416. The van der Waals surface area contributed by atoms with Gasteiger partial charge < -0.3 is 0 Å². The fourth-order valence-electron chi connectivity index (χ4n) is 2.55. The minimum atomic E-state index is -1.53. The van der Waals surface area contributed by atoms with Gasteiger partial charge in [-0.2, -0.15) is 8.78 Å². The molecule has 0 heterocycles. The van der Waals surface area contributed by atoms with E-state index in [0.29, 0.717) is 6.42 Å². The Labute approximate surface area is 125 Å². The summed E-state index contributed by atoms with van der Waals surface area (Å²) in [5.74, 6) is 0. The summed E-state index contributed by atoms with van der Waals surface area (Å²) in [6.07, 6.45) is 18.4. The molecule has 0 spiro atoms. The van der Waals surface area contributed by atoms with Crippen LogP contribution >= 0.6 is 0 Å². The van der Waals surface area contributed by atoms with Gasteiger partial charge in [-0.1, -0.05) is 90.4 Å². The molecule has 20 heavy (non-hydrogen) atoms. The molecule has 0 rings (SSSR count). The van der Waals surface area contributed by atoms with Crippen molar-refractivity contribution in [1.82, 2.24) is 0 Å². The average Bonchev–Trinajstić information content (AvgIpc) is 2.43. The molecule has 0 fully saturated rings. The van der Waals surface area contributed by atoms with Crippen LogP contribution in [0.15, 0.2) is 12.2 Å². The summed E-state index contributed by atoms with van der Waals surface area (Å²) in [7, 11) is 0. The van der Waals surface area contributed by atoms with Crippen LogP contribution in [0.25, 0.3) is 0 Å². The first-order chi connectivity index (χ1) is 9.77. The molecule has 0 atom stereocenters. The van der Waals surface area contributed by atoms with E-state index in [1.807, 2.05) is 0 Å². The second kappa shape index (κ2) is 16.7. The van der Waals surface area contributed by atoms with Crippen LogP contribution in [0.4, 0.5) is 8.78 Å². The van der Waals surface area contributed by atoms with Crippen LogP contribution in [0.1, 0.15) is 103 Å². The van der Waals surface area contributed by atoms with E-state index in [-0.39, 0.29) is 0 Å². The van der Waals surface area contributed by atoms with E-state index in [1.54, 1.807) is 0 Å². The minimum absolute atomic E-state index is 0.542. The van der Waals surface area contributed by atoms with Crippen molar-refractivity contribution >= 4 is 0 Å². The van der Waals surface area contributed by atoms with Crippen molar-refractivity contribution in [3.05, 3.63) is 12.2 Å². The molecule has 0 radical (unpaired) electrons. The molecule has 0 unspecified atom stereocenters. The summed E-state index contributed by atoms with van der Waals surface area (Å²) in [5.41, 5.74) is 0. The zero-order valence-corrected chi connectivity index (χ0v) is 13.4. The van der Waals surface area contributed by atoms with Crippen LogP contribution in [0.5, 0.6) is 0 Å². The normalized spacial score (nSPS) is 10.8. The monoisotopic (exact) mass is 288 g/mol. The molecule has 2 heteroatoms. The topological polar surface area (TPSA) is 0 Å². The van der Waals surface area contributed by atoms with Gasteiger partial charge in [-0.15, -0.1) is 0 Å². The van der Waals surface area contributed by atoms with Crippen LogP contribution in [0.2, 0.25) is 0 Å². The second-order valence-electron chi connectivity index (χ2n) is 5.88. The Balaban J connectivity index is 2.97. The predicted molar refractivity (Wildman–Crippen MR) is 85.2 cm³/mol. The highest BCUT2D eigenvalue weighted by Gasteiger charge is 1.94. The van der Waals surface area contributed by atoms with Crippen LogP contribution in [-0.2, 0) is 0 Å². The van der Waals surface area contributed by atoms with Crippen molar-refractivity contribution in [1.29, 1.82) is 0 Å². The van der Waals surface area contributed by atoms with E-state index in [0.717, 1.165) is 18.9 Å². The summed E-state index contributed by atoms with van der Waals surface area (Å²) in [4.78, 5) is 0. The molecule has 0 aliphatic carbocycles. The molecular formula is C18H34F2. The van der Waals surface area contributed by atoms with Crippen LogP contribution < -0.4 is 0 Å². The average molecular weight is 288 g/mol. The van der Waals surface area contributed by atoms with Crippen molar-refractivity contribution < 1.29 is 8.78 Å². The fourth-order valence-corrected chi connectivity index (χ4v) is 2.55. The minimum Gasteiger partial charge on any atom is -0.174 e. The first-order valence-corrected chi connectivity index (χ1v) is 8.78. The van der Waals surface area contributed by atoms with Gasteiger partial charge in [0.05, 0.1) is 0 Å². The largest absolute Gasteiger partial charge is 0.266 e. The Kier molecular flexibility index (Phi) is 16.3. The Morgan fingerprint density at radius 1 is 0.600 bits per heavy atom. The van der Waals surface area contributed by atoms with Crippen molar-refractivity contribution in [2.45, 2.75) is 103 Å². The maximum Gasteiger partial charge on any atom is 0.266 e. The first kappa shape index (κ1) is 19.6. The lowest BCUT2D eigenvalue weighted by atomic mass is 10.0. The van der Waals surface area contributed by atoms with Gasteiger partial charge in [0.25, 0.3) is 6.08 Å². The van der Waals surface area contributed by atoms with Gasteiger partial charge >= 0.3 is 0 Å². The van der Waals surface area contributed by atoms with Crippen molar-refractivity contribution in [3.63, 3.8) is 0 Å². The molecule has 0 amide bonds. The van der Waals surface area contributed by atoms with Gasteiger partial charge in [0.1, 0.15) is 0 Å². The van der Waals surface area contributed by atoms with Crippen LogP contribution in [0.3, 0.4) is 0 Å². The SMILES string of the molecule is CCCCCCCCCCCCCCCCC=C(F)F. The predicted octanol–water partition coefficient (Wildman–Crippen LogP) is 7.64. The van der Waals surface area contributed by atoms with E-state index >= 15 is 0 Å². The third-order valence-electron chi connectivity index (χ3n) is 3.86. The molecule has 0 nitrogen and oxygen atoms in total. The van der Waals surface area contributed by atoms with Gasteiger partial charge in [0, 0.05) is 0 Å². The summed E-state index contributed by atoms with van der Waals surface area (Å²) < 4.78 is 23.5. The molecule has 0 saturated heterocycles. The van der Waals surface area contributed by atoms with Crippen LogP contribution in [-0.4, -0.2) is 0 Å². The van der Waals surface area contributed by atoms with E-state index in [4.69, 9.17) is 0 Å². The maximum absolute atomic E-state index is 11.8. The van der Waals surface area contributed by atoms with Gasteiger partial charge in [0.15, 0.2) is 0 Å². The molecular weight excluding hydrogens is 254 g/mol. The molecule has 0 aromatic heterocycles. The van der Waals surface area contributed by atoms with Crippen LogP contribution in [0, 0.1) is 0 Å². The van der Waals surface area contributed by atoms with E-state index < -0.39 is 6.08 Å². The Morgan fingerprint density at radius 3 is 1.30 bits per heavy atom. The van der Waals surface area contributed by atoms with E-state index in [1.165, 1.54) is 77.0 Å². The zero-order chi connectivity index (χ0) is 14.9. The number of hydrogen-bond acceptors (Lipinski definition) is 0. The molecule has 0 bridgehead atoms. The Morgan fingerprint density at radius 2 is 0.950 bits per heavy atom. The Bertz CT molecular complexity index is 207. The Hall–Kier alpha value is -0.400. The highest BCUT2D eigenvalue weighted by Crippen LogP contribution is 2.13. The lowest BCUT2D eigenvalue weighted by Crippen LogP contribution is -1.83. The molecule has 0 aliphatic heterocycles. The highest BCUT2D eigenvalue weighted by atomic mass is 19.3. The third kappa shape index (κ3) is 17.6. The van der Waals surface area contributed by atoms with E-state index in [2.05, 4.69) is 6.92 Å². The van der Waals surface area contributed by atoms with Gasteiger partial charge in [-0.3, -0.25) is 0 Å². The zero-order valence-electron chi connectivity index (χ0n) is 13.4. The third-order valence-corrected chi connectivity index (χ3v) is 3.86. The second-order valence-corrected chi connectivity index (χ2v) is 5.88. The first-order valence-electron chi connectivity index (χ1n) is 8.78. The quantitative estimate of drug-likeness (QED) is 0.272. The molecule has 120 valence electrons. The molecule has 0 aromatic carbocycles. The number of hydrogen-bond donors (Lipinski definition) is 0. The molecule has 0 N–H and O–H groups in total. The van der Waals surface area contributed by atoms with Gasteiger partial charge in [-0.05, 0) is 18.9 Å². The van der Waals surface area contributed by atoms with Crippen molar-refractivity contribution in [2.75, 3.05) is 0 Å². The smallest absolute Gasteiger partial charge is 0.174 e. The summed E-state index contributed by atoms with van der Waals surface area (Å²) in [6.45, 7) is 2.26. The molecule has 0 saturated carbocycles. The van der Waals surface area contributed by atoms with Crippen molar-refractivity contribution in [2.24, 2.45) is 0 Å². The van der Waals surface area contributed by atoms with Gasteiger partial charge in [0.2, 0.25) is 0 Å². The summed E-state index contributed by atoms with van der Waals surface area (Å²) >= 11 is 0. The number of halogens is 2. The standard InChI is InChI=1S/C18H34F2/c1-2-3-4-5-6-7-8-9-10-11-12-13-14-15-16-17-18(19)20/h17H,2-16H2,1H3. The number of rotatable bonds is 15. The fraction of sp³-hybridized carbons (Fsp3) is 0.889. The van der Waals surface area contributed by atoms with Gasteiger partial charge in [-0.25, -0.2) is 0 Å². The number of unbranched alkanes of at least 4 members (excludes halogenated alkanes) is 14. The summed E-state index contributed by atoms with van der Waals surface area (Å²) in [6, 6.07) is 0. The summed E-state index contributed by atoms with van der Waals surface area (Å²) in [5, 5.41) is 0.